The van der Waals surface area contributed by atoms with Gasteiger partial charge >= 0.3 is 0 Å². The number of nitrogens with one attached hydrogen (secondary N) is 1. The Morgan fingerprint density at radius 2 is 2.16 bits per heavy atom. The fraction of sp³-hybridized carbons (Fsp3) is 1.00. The average molecular weight is 269 g/mol. The molecule has 0 unspecified atom stereocenters. The third kappa shape index (κ3) is 2.44. The summed E-state index contributed by atoms with van der Waals surface area (Å²) in [6, 6.07) is 0.577. The van der Waals surface area contributed by atoms with Gasteiger partial charge in [-0.1, -0.05) is 13.3 Å². The largest absolute Gasteiger partial charge is 0.396 e. The van der Waals surface area contributed by atoms with E-state index < -0.39 is 0 Å². The van der Waals surface area contributed by atoms with Crippen LogP contribution in [0.5, 0.6) is 0 Å². The lowest BCUT2D eigenvalue weighted by atomic mass is 9.71. The molecule has 3 aliphatic heterocycles. The molecule has 4 heteroatoms. The predicted molar refractivity (Wildman–Crippen MR) is 72.5 cm³/mol. The highest BCUT2D eigenvalue weighted by Crippen LogP contribution is 2.49. The van der Waals surface area contributed by atoms with Crippen molar-refractivity contribution in [1.29, 1.82) is 0 Å². The molecule has 3 rings (SSSR count). The third-order valence-electron chi connectivity index (χ3n) is 5.20. The fourth-order valence-electron chi connectivity index (χ4n) is 4.12. The fourth-order valence-corrected chi connectivity index (χ4v) is 4.12. The van der Waals surface area contributed by atoms with Crippen LogP contribution in [0.1, 0.15) is 51.9 Å². The molecule has 0 aromatic carbocycles. The Kier molecular flexibility index (Phi) is 4.13. The molecule has 0 amide bonds. The molecule has 0 aliphatic carbocycles. The van der Waals surface area contributed by atoms with Gasteiger partial charge in [0.25, 0.3) is 0 Å². The summed E-state index contributed by atoms with van der Waals surface area (Å²) < 4.78 is 12.2. The van der Waals surface area contributed by atoms with Crippen molar-refractivity contribution >= 4 is 0 Å². The van der Waals surface area contributed by atoms with E-state index in [0.717, 1.165) is 32.3 Å². The molecule has 0 radical (unpaired) electrons. The van der Waals surface area contributed by atoms with Gasteiger partial charge in [-0.2, -0.15) is 0 Å². The van der Waals surface area contributed by atoms with Crippen molar-refractivity contribution < 1.29 is 14.6 Å². The number of hydrogen-bond acceptors (Lipinski definition) is 4. The van der Waals surface area contributed by atoms with Gasteiger partial charge in [0, 0.05) is 37.5 Å². The Balaban J connectivity index is 1.68. The van der Waals surface area contributed by atoms with Crippen LogP contribution in [0.2, 0.25) is 0 Å². The molecule has 2 bridgehead atoms. The van der Waals surface area contributed by atoms with E-state index in [1.165, 1.54) is 19.3 Å². The zero-order valence-electron chi connectivity index (χ0n) is 11.9. The van der Waals surface area contributed by atoms with Crippen molar-refractivity contribution in [1.82, 2.24) is 5.32 Å². The first kappa shape index (κ1) is 13.8. The summed E-state index contributed by atoms with van der Waals surface area (Å²) in [6.45, 7) is 3.18. The van der Waals surface area contributed by atoms with Crippen LogP contribution in [0.4, 0.5) is 0 Å². The standard InChI is InChI=1S/C15H27NO3/c1-2-3-8-18-14-9-11-4-6-13-7-5-12(10-17)15(11,16-13)19-14/h11-14,16-17H,2-10H2,1H3/t11-,12-,13+,14-,15+/m1/s1. The smallest absolute Gasteiger partial charge is 0.160 e. The van der Waals surface area contributed by atoms with Gasteiger partial charge in [0.2, 0.25) is 0 Å². The number of aliphatic hydroxyl groups is 1. The van der Waals surface area contributed by atoms with Gasteiger partial charge in [0.1, 0.15) is 5.72 Å². The van der Waals surface area contributed by atoms with Crippen LogP contribution in [-0.2, 0) is 9.47 Å². The second-order valence-corrected chi connectivity index (χ2v) is 6.37. The minimum Gasteiger partial charge on any atom is -0.396 e. The Hall–Kier alpha value is -0.160. The van der Waals surface area contributed by atoms with Crippen LogP contribution in [0, 0.1) is 11.8 Å². The topological polar surface area (TPSA) is 50.7 Å². The number of aliphatic hydroxyl groups excluding tert-OH is 1. The molecule has 4 nitrogen and oxygen atoms in total. The number of hydrogen-bond donors (Lipinski definition) is 2. The molecule has 3 aliphatic rings. The average Bonchev–Trinajstić information content (AvgIpc) is 2.77. The lowest BCUT2D eigenvalue weighted by Crippen LogP contribution is -2.65. The maximum absolute atomic E-state index is 9.68. The normalized spacial score (nSPS) is 45.2. The molecule has 110 valence electrons. The molecule has 0 aromatic rings. The van der Waals surface area contributed by atoms with Gasteiger partial charge in [-0.25, -0.2) is 0 Å². The van der Waals surface area contributed by atoms with Gasteiger partial charge in [-0.15, -0.1) is 0 Å². The third-order valence-corrected chi connectivity index (χ3v) is 5.20. The number of unbranched alkanes of at least 4 members (excludes halogenated alkanes) is 1. The lowest BCUT2D eigenvalue weighted by molar-refractivity contribution is -0.225. The molecule has 0 saturated carbocycles. The SMILES string of the molecule is CCCCO[C@H]1C[C@H]2CC[C@H]3CC[C@H](CO)[C@@]2(N3)O1. The van der Waals surface area contributed by atoms with Gasteiger partial charge < -0.3 is 14.6 Å². The summed E-state index contributed by atoms with van der Waals surface area (Å²) in [5.74, 6) is 0.738. The number of rotatable bonds is 5. The van der Waals surface area contributed by atoms with Crippen molar-refractivity contribution in [2.75, 3.05) is 13.2 Å². The van der Waals surface area contributed by atoms with Crippen molar-refractivity contribution in [3.8, 4) is 0 Å². The first-order chi connectivity index (χ1) is 9.28. The van der Waals surface area contributed by atoms with E-state index in [0.29, 0.717) is 12.0 Å². The maximum Gasteiger partial charge on any atom is 0.160 e. The van der Waals surface area contributed by atoms with E-state index in [1.54, 1.807) is 0 Å². The zero-order valence-corrected chi connectivity index (χ0v) is 11.9. The van der Waals surface area contributed by atoms with Gasteiger partial charge in [-0.3, -0.25) is 5.32 Å². The van der Waals surface area contributed by atoms with E-state index in [9.17, 15) is 5.11 Å². The number of piperidine rings is 2. The second-order valence-electron chi connectivity index (χ2n) is 6.37. The summed E-state index contributed by atoms with van der Waals surface area (Å²) in [5.41, 5.74) is -0.299. The van der Waals surface area contributed by atoms with Crippen molar-refractivity contribution in [2.45, 2.75) is 69.9 Å². The van der Waals surface area contributed by atoms with Gasteiger partial charge in [0.15, 0.2) is 6.29 Å². The molecule has 0 aromatic heterocycles. The monoisotopic (exact) mass is 269 g/mol. The minimum absolute atomic E-state index is 0.0741. The highest BCUT2D eigenvalue weighted by molar-refractivity contribution is 5.05. The second kappa shape index (κ2) is 5.68. The maximum atomic E-state index is 9.68. The summed E-state index contributed by atoms with van der Waals surface area (Å²) in [7, 11) is 0. The Labute approximate surface area is 115 Å². The van der Waals surface area contributed by atoms with Gasteiger partial charge in [-0.05, 0) is 32.1 Å². The van der Waals surface area contributed by atoms with Crippen LogP contribution in [-0.4, -0.2) is 36.4 Å². The Morgan fingerprint density at radius 1 is 1.32 bits per heavy atom. The van der Waals surface area contributed by atoms with Crippen LogP contribution < -0.4 is 5.32 Å². The Morgan fingerprint density at radius 3 is 2.95 bits per heavy atom. The number of ether oxygens (including phenoxy) is 2. The molecular weight excluding hydrogens is 242 g/mol. The van der Waals surface area contributed by atoms with Crippen LogP contribution in [0.15, 0.2) is 0 Å². The summed E-state index contributed by atoms with van der Waals surface area (Å²) in [6.07, 6.45) is 7.86. The molecule has 3 saturated heterocycles. The summed E-state index contributed by atoms with van der Waals surface area (Å²) >= 11 is 0. The Bertz CT molecular complexity index is 312. The molecular formula is C15H27NO3. The van der Waals surface area contributed by atoms with E-state index >= 15 is 0 Å². The van der Waals surface area contributed by atoms with Crippen LogP contribution in [0.25, 0.3) is 0 Å². The van der Waals surface area contributed by atoms with E-state index in [-0.39, 0.29) is 24.5 Å². The molecule has 5 atom stereocenters. The molecule has 3 fully saturated rings. The summed E-state index contributed by atoms with van der Waals surface area (Å²) in [4.78, 5) is 0. The first-order valence-electron chi connectivity index (χ1n) is 7.96. The zero-order chi connectivity index (χ0) is 13.3. The van der Waals surface area contributed by atoms with E-state index in [1.807, 2.05) is 0 Å². The van der Waals surface area contributed by atoms with Crippen molar-refractivity contribution in [3.05, 3.63) is 0 Å². The minimum atomic E-state index is -0.299. The first-order valence-corrected chi connectivity index (χ1v) is 7.96. The highest BCUT2D eigenvalue weighted by atomic mass is 16.7. The molecule has 3 heterocycles. The van der Waals surface area contributed by atoms with Crippen LogP contribution >= 0.6 is 0 Å². The lowest BCUT2D eigenvalue weighted by Gasteiger charge is -2.51. The summed E-state index contributed by atoms with van der Waals surface area (Å²) in [5, 5.41) is 13.4. The van der Waals surface area contributed by atoms with Crippen molar-refractivity contribution in [3.63, 3.8) is 0 Å². The molecule has 19 heavy (non-hydrogen) atoms. The van der Waals surface area contributed by atoms with Gasteiger partial charge in [0.05, 0.1) is 0 Å². The van der Waals surface area contributed by atoms with Crippen molar-refractivity contribution in [2.24, 2.45) is 11.8 Å². The molecule has 2 N–H and O–H groups in total. The predicted octanol–water partition coefficient (Wildman–Crippen LogP) is 2.02. The number of fused-ring (bicyclic) bond motifs is 1. The molecule has 1 spiro atoms. The highest BCUT2D eigenvalue weighted by Gasteiger charge is 2.57. The van der Waals surface area contributed by atoms with Crippen LogP contribution in [0.3, 0.4) is 0 Å². The van der Waals surface area contributed by atoms with E-state index in [2.05, 4.69) is 12.2 Å². The van der Waals surface area contributed by atoms with E-state index in [4.69, 9.17) is 9.47 Å². The quantitative estimate of drug-likeness (QED) is 0.750.